The van der Waals surface area contributed by atoms with Gasteiger partial charge >= 0.3 is 0 Å². The molecule has 7 heteroatoms. The van der Waals surface area contributed by atoms with Gasteiger partial charge in [0.05, 0.1) is 11.1 Å². The molecule has 0 fully saturated rings. The molecular formula is C21H25BrN2O3S. The number of pyridine rings is 1. The molecule has 1 aromatic heterocycles. The van der Waals surface area contributed by atoms with Crippen molar-refractivity contribution in [1.29, 1.82) is 0 Å². The Labute approximate surface area is 179 Å². The van der Waals surface area contributed by atoms with Crippen LogP contribution < -0.4 is 10.1 Å². The van der Waals surface area contributed by atoms with E-state index in [1.54, 1.807) is 13.3 Å². The van der Waals surface area contributed by atoms with E-state index in [4.69, 9.17) is 9.47 Å². The van der Waals surface area contributed by atoms with Gasteiger partial charge in [-0.15, -0.1) is 11.8 Å². The number of carbonyl (C=O) groups is 1. The number of hydrogen-bond acceptors (Lipinski definition) is 5. The second kappa shape index (κ2) is 10.1. The fraction of sp³-hybridized carbons (Fsp3) is 0.429. The van der Waals surface area contributed by atoms with Crippen LogP contribution in [0.25, 0.3) is 10.9 Å². The Kier molecular flexibility index (Phi) is 8.17. The molecule has 2 rings (SSSR count). The van der Waals surface area contributed by atoms with Crippen LogP contribution in [0.1, 0.15) is 26.3 Å². The van der Waals surface area contributed by atoms with Crippen LogP contribution in [-0.2, 0) is 16.0 Å². The van der Waals surface area contributed by atoms with E-state index in [1.165, 1.54) is 11.8 Å². The molecule has 0 saturated heterocycles. The number of aromatic nitrogens is 1. The van der Waals surface area contributed by atoms with Crippen LogP contribution in [-0.4, -0.2) is 41.8 Å². The molecule has 28 heavy (non-hydrogen) atoms. The van der Waals surface area contributed by atoms with E-state index in [1.807, 2.05) is 38.3 Å². The molecule has 0 aliphatic rings. The van der Waals surface area contributed by atoms with Crippen LogP contribution in [0.5, 0.6) is 5.75 Å². The molecule has 0 spiro atoms. The van der Waals surface area contributed by atoms with Gasteiger partial charge < -0.3 is 14.8 Å². The number of fused-ring (bicyclic) bond motifs is 1. The SMILES string of the molecule is CCc1cc(OC(SC)C(=O)NC(C)(C)C#CCOC)cc2cc(Br)cnc12. The molecule has 1 N–H and O–H groups in total. The van der Waals surface area contributed by atoms with Crippen molar-refractivity contribution in [2.75, 3.05) is 20.0 Å². The second-order valence-corrected chi connectivity index (χ2v) is 8.51. The van der Waals surface area contributed by atoms with Crippen molar-refractivity contribution in [2.45, 2.75) is 38.2 Å². The lowest BCUT2D eigenvalue weighted by molar-refractivity contribution is -0.125. The zero-order valence-electron chi connectivity index (χ0n) is 16.8. The van der Waals surface area contributed by atoms with Crippen LogP contribution in [0.2, 0.25) is 0 Å². The molecule has 2 aromatic rings. The zero-order chi connectivity index (χ0) is 20.7. The summed E-state index contributed by atoms with van der Waals surface area (Å²) in [5.41, 5.74) is 0.647. The van der Waals surface area contributed by atoms with E-state index >= 15 is 0 Å². The summed E-state index contributed by atoms with van der Waals surface area (Å²) in [5.74, 6) is 6.29. The van der Waals surface area contributed by atoms with E-state index in [9.17, 15) is 4.79 Å². The molecule has 150 valence electrons. The Hall–Kier alpha value is -1.75. The minimum Gasteiger partial charge on any atom is -0.470 e. The summed E-state index contributed by atoms with van der Waals surface area (Å²) < 4.78 is 11.9. The number of carbonyl (C=O) groups excluding carboxylic acids is 1. The molecule has 1 heterocycles. The summed E-state index contributed by atoms with van der Waals surface area (Å²) in [6.07, 6.45) is 4.45. The Morgan fingerprint density at radius 2 is 2.14 bits per heavy atom. The highest BCUT2D eigenvalue weighted by atomic mass is 79.9. The number of ether oxygens (including phenoxy) is 2. The summed E-state index contributed by atoms with van der Waals surface area (Å²) >= 11 is 4.79. The predicted molar refractivity (Wildman–Crippen MR) is 119 cm³/mol. The minimum atomic E-state index is -0.689. The minimum absolute atomic E-state index is 0.227. The van der Waals surface area contributed by atoms with E-state index in [0.717, 1.165) is 27.4 Å². The molecule has 0 bridgehead atoms. The summed E-state index contributed by atoms with van der Waals surface area (Å²) in [6, 6.07) is 5.85. The molecule has 0 aliphatic heterocycles. The number of hydrogen-bond donors (Lipinski definition) is 1. The maximum Gasteiger partial charge on any atom is 0.272 e. The van der Waals surface area contributed by atoms with Crippen molar-refractivity contribution in [1.82, 2.24) is 10.3 Å². The van der Waals surface area contributed by atoms with Gasteiger partial charge in [0.1, 0.15) is 12.4 Å². The lowest BCUT2D eigenvalue weighted by Gasteiger charge is -2.24. The molecule has 5 nitrogen and oxygen atoms in total. The van der Waals surface area contributed by atoms with Crippen LogP contribution in [0.15, 0.2) is 28.9 Å². The van der Waals surface area contributed by atoms with Crippen molar-refractivity contribution in [2.24, 2.45) is 0 Å². The third-order valence-corrected chi connectivity index (χ3v) is 5.08. The van der Waals surface area contributed by atoms with Gasteiger partial charge in [0, 0.05) is 23.2 Å². The summed E-state index contributed by atoms with van der Waals surface area (Å²) in [5, 5.41) is 3.89. The standard InChI is InChI=1S/C21H25BrN2O3S/c1-6-14-11-17(12-15-10-16(22)13-23-18(14)15)27-20(28-5)19(25)24-21(2,3)8-7-9-26-4/h10-13,20H,6,9H2,1-5H3,(H,24,25). The van der Waals surface area contributed by atoms with Crippen molar-refractivity contribution in [3.63, 3.8) is 0 Å². The monoisotopic (exact) mass is 464 g/mol. The van der Waals surface area contributed by atoms with Gasteiger partial charge in [0.2, 0.25) is 5.44 Å². The van der Waals surface area contributed by atoms with Gasteiger partial charge in [-0.1, -0.05) is 18.8 Å². The van der Waals surface area contributed by atoms with Crippen LogP contribution in [0.3, 0.4) is 0 Å². The highest BCUT2D eigenvalue weighted by Gasteiger charge is 2.25. The van der Waals surface area contributed by atoms with Crippen LogP contribution >= 0.6 is 27.7 Å². The van der Waals surface area contributed by atoms with Crippen LogP contribution in [0, 0.1) is 11.8 Å². The Morgan fingerprint density at radius 3 is 2.79 bits per heavy atom. The normalized spacial score (nSPS) is 12.2. The number of thioether (sulfide) groups is 1. The van der Waals surface area contributed by atoms with E-state index in [0.29, 0.717) is 12.4 Å². The Morgan fingerprint density at radius 1 is 1.39 bits per heavy atom. The molecule has 1 aromatic carbocycles. The van der Waals surface area contributed by atoms with Crippen molar-refractivity contribution in [3.8, 4) is 17.6 Å². The van der Waals surface area contributed by atoms with E-state index < -0.39 is 11.0 Å². The molecule has 0 aliphatic carbocycles. The third-order valence-electron chi connectivity index (χ3n) is 3.91. The number of methoxy groups -OCH3 is 1. The Balaban J connectivity index is 2.22. The average molecular weight is 465 g/mol. The van der Waals surface area contributed by atoms with Crippen molar-refractivity contribution < 1.29 is 14.3 Å². The molecule has 1 atom stereocenters. The molecule has 0 radical (unpaired) electrons. The average Bonchev–Trinajstić information content (AvgIpc) is 2.64. The first-order valence-corrected chi connectivity index (χ1v) is 11.0. The van der Waals surface area contributed by atoms with Gasteiger partial charge in [0.15, 0.2) is 0 Å². The lowest BCUT2D eigenvalue weighted by Crippen LogP contribution is -2.47. The third kappa shape index (κ3) is 6.13. The molecule has 0 saturated carbocycles. The fourth-order valence-electron chi connectivity index (χ4n) is 2.67. The first-order chi connectivity index (χ1) is 13.3. The first-order valence-electron chi connectivity index (χ1n) is 8.88. The number of rotatable bonds is 7. The zero-order valence-corrected chi connectivity index (χ0v) is 19.2. The maximum absolute atomic E-state index is 12.7. The number of amides is 1. The van der Waals surface area contributed by atoms with Crippen molar-refractivity contribution in [3.05, 3.63) is 34.4 Å². The second-order valence-electron chi connectivity index (χ2n) is 6.70. The van der Waals surface area contributed by atoms with Gasteiger partial charge in [0.25, 0.3) is 5.91 Å². The van der Waals surface area contributed by atoms with Gasteiger partial charge in [-0.3, -0.25) is 9.78 Å². The van der Waals surface area contributed by atoms with Crippen LogP contribution in [0.4, 0.5) is 0 Å². The number of nitrogens with zero attached hydrogens (tertiary/aromatic N) is 1. The quantitative estimate of drug-likeness (QED) is 0.491. The smallest absolute Gasteiger partial charge is 0.272 e. The number of halogens is 1. The van der Waals surface area contributed by atoms with E-state index in [2.05, 4.69) is 45.0 Å². The van der Waals surface area contributed by atoms with Gasteiger partial charge in [-0.05, 0) is 66.2 Å². The summed E-state index contributed by atoms with van der Waals surface area (Å²) in [7, 11) is 1.58. The Bertz CT molecular complexity index is 906. The first kappa shape index (κ1) is 22.5. The molecule has 1 amide bonds. The van der Waals surface area contributed by atoms with E-state index in [-0.39, 0.29) is 5.91 Å². The van der Waals surface area contributed by atoms with Gasteiger partial charge in [-0.25, -0.2) is 0 Å². The number of nitrogens with one attached hydrogen (secondary N) is 1. The largest absolute Gasteiger partial charge is 0.470 e. The highest BCUT2D eigenvalue weighted by Crippen LogP contribution is 2.28. The topological polar surface area (TPSA) is 60.5 Å². The molecular weight excluding hydrogens is 440 g/mol. The number of aryl methyl sites for hydroxylation is 1. The fourth-order valence-corrected chi connectivity index (χ4v) is 3.49. The maximum atomic E-state index is 12.7. The molecule has 1 unspecified atom stereocenters. The summed E-state index contributed by atoms with van der Waals surface area (Å²) in [6.45, 7) is 6.09. The summed E-state index contributed by atoms with van der Waals surface area (Å²) in [4.78, 5) is 17.2. The lowest BCUT2D eigenvalue weighted by atomic mass is 10.1. The number of benzene rings is 1. The van der Waals surface area contributed by atoms with Gasteiger partial charge in [-0.2, -0.15) is 0 Å². The highest BCUT2D eigenvalue weighted by molar-refractivity contribution is 9.10. The van der Waals surface area contributed by atoms with Crippen molar-refractivity contribution >= 4 is 44.5 Å². The predicted octanol–water partition coefficient (Wildman–Crippen LogP) is 4.17.